The normalized spacial score (nSPS) is 18.7. The fourth-order valence-corrected chi connectivity index (χ4v) is 6.27. The molecule has 2 aliphatic rings. The maximum atomic E-state index is 13.1. The van der Waals surface area contributed by atoms with Crippen LogP contribution in [0, 0.1) is 0 Å². The third-order valence-corrected chi connectivity index (χ3v) is 7.95. The number of carbonyl (C=O) groups excluding carboxylic acids is 1. The van der Waals surface area contributed by atoms with Crippen LogP contribution in [0.4, 0.5) is 0 Å². The summed E-state index contributed by atoms with van der Waals surface area (Å²) in [6.07, 6.45) is 6.77. The van der Waals surface area contributed by atoms with Crippen LogP contribution in [0.15, 0.2) is 34.0 Å². The van der Waals surface area contributed by atoms with Crippen LogP contribution in [0.2, 0.25) is 0 Å². The molecule has 2 fully saturated rings. The molecule has 3 aromatic heterocycles. The van der Waals surface area contributed by atoms with E-state index in [1.54, 1.807) is 11.3 Å². The first-order chi connectivity index (χ1) is 14.2. The molecule has 1 saturated heterocycles. The molecule has 5 rings (SSSR count). The Hall–Kier alpha value is -2.03. The summed E-state index contributed by atoms with van der Waals surface area (Å²) in [4.78, 5) is 36.6. The number of rotatable bonds is 4. The van der Waals surface area contributed by atoms with Gasteiger partial charge in [-0.3, -0.25) is 19.1 Å². The summed E-state index contributed by atoms with van der Waals surface area (Å²) in [5.41, 5.74) is 0.794. The van der Waals surface area contributed by atoms with Crippen molar-refractivity contribution >= 4 is 38.8 Å². The third kappa shape index (κ3) is 3.65. The van der Waals surface area contributed by atoms with Gasteiger partial charge < -0.3 is 4.90 Å². The van der Waals surface area contributed by atoms with E-state index in [0.717, 1.165) is 41.5 Å². The number of piperazine rings is 1. The van der Waals surface area contributed by atoms with Crippen LogP contribution < -0.4 is 5.56 Å². The highest BCUT2D eigenvalue weighted by Crippen LogP contribution is 2.33. The molecule has 0 radical (unpaired) electrons. The largest absolute Gasteiger partial charge is 0.339 e. The second-order valence-electron chi connectivity index (χ2n) is 7.84. The van der Waals surface area contributed by atoms with Crippen LogP contribution in [0.25, 0.3) is 20.7 Å². The molecule has 0 unspecified atom stereocenters. The number of hydrogen-bond donors (Lipinski definition) is 0. The minimum atomic E-state index is -0.127. The SMILES string of the molecule is O=C(Cn1cnc2scc(-c3cccs3)c2c1=O)N1CCN(C2CCCC2)CC1. The van der Waals surface area contributed by atoms with Gasteiger partial charge in [-0.15, -0.1) is 22.7 Å². The molecular formula is C21H24N4O2S2. The predicted octanol–water partition coefficient (Wildman–Crippen LogP) is 3.27. The van der Waals surface area contributed by atoms with Gasteiger partial charge in [0, 0.05) is 48.0 Å². The van der Waals surface area contributed by atoms with E-state index in [0.29, 0.717) is 11.4 Å². The summed E-state index contributed by atoms with van der Waals surface area (Å²) in [7, 11) is 0. The summed E-state index contributed by atoms with van der Waals surface area (Å²) < 4.78 is 1.47. The van der Waals surface area contributed by atoms with Crippen LogP contribution in [-0.4, -0.2) is 57.5 Å². The van der Waals surface area contributed by atoms with Crippen LogP contribution >= 0.6 is 22.7 Å². The van der Waals surface area contributed by atoms with Crippen molar-refractivity contribution in [1.29, 1.82) is 0 Å². The highest BCUT2D eigenvalue weighted by molar-refractivity contribution is 7.18. The summed E-state index contributed by atoms with van der Waals surface area (Å²) in [6, 6.07) is 4.70. The van der Waals surface area contributed by atoms with Crippen LogP contribution in [0.5, 0.6) is 0 Å². The van der Waals surface area contributed by atoms with Crippen molar-refractivity contribution in [2.24, 2.45) is 0 Å². The van der Waals surface area contributed by atoms with Crippen LogP contribution in [0.3, 0.4) is 0 Å². The molecule has 1 saturated carbocycles. The Kier molecular flexibility index (Phi) is 5.24. The lowest BCUT2D eigenvalue weighted by molar-refractivity contribution is -0.134. The Bertz CT molecular complexity index is 1060. The number of aromatic nitrogens is 2. The second kappa shape index (κ2) is 8.01. The Morgan fingerprint density at radius 3 is 2.66 bits per heavy atom. The minimum Gasteiger partial charge on any atom is -0.339 e. The van der Waals surface area contributed by atoms with Gasteiger partial charge in [0.1, 0.15) is 11.4 Å². The van der Waals surface area contributed by atoms with Crippen molar-refractivity contribution in [2.45, 2.75) is 38.3 Å². The van der Waals surface area contributed by atoms with Gasteiger partial charge >= 0.3 is 0 Å². The van der Waals surface area contributed by atoms with E-state index in [-0.39, 0.29) is 18.0 Å². The highest BCUT2D eigenvalue weighted by Gasteiger charge is 2.28. The van der Waals surface area contributed by atoms with Crippen molar-refractivity contribution in [2.75, 3.05) is 26.2 Å². The van der Waals surface area contributed by atoms with Crippen molar-refractivity contribution < 1.29 is 4.79 Å². The van der Waals surface area contributed by atoms with Crippen molar-refractivity contribution in [3.05, 3.63) is 39.6 Å². The van der Waals surface area contributed by atoms with Gasteiger partial charge in [-0.2, -0.15) is 0 Å². The van der Waals surface area contributed by atoms with Crippen molar-refractivity contribution in [3.8, 4) is 10.4 Å². The zero-order valence-electron chi connectivity index (χ0n) is 16.2. The molecule has 0 atom stereocenters. The Morgan fingerprint density at radius 2 is 1.93 bits per heavy atom. The van der Waals surface area contributed by atoms with E-state index in [1.807, 2.05) is 27.8 Å². The third-order valence-electron chi connectivity index (χ3n) is 6.16. The summed E-state index contributed by atoms with van der Waals surface area (Å²) in [6.45, 7) is 3.44. The van der Waals surface area contributed by atoms with Gasteiger partial charge in [0.05, 0.1) is 11.7 Å². The lowest BCUT2D eigenvalue weighted by atomic mass is 10.2. The second-order valence-corrected chi connectivity index (χ2v) is 9.65. The van der Waals surface area contributed by atoms with Gasteiger partial charge in [0.25, 0.3) is 5.56 Å². The van der Waals surface area contributed by atoms with E-state index in [2.05, 4.69) is 9.88 Å². The maximum absolute atomic E-state index is 13.1. The lowest BCUT2D eigenvalue weighted by Gasteiger charge is -2.38. The zero-order valence-corrected chi connectivity index (χ0v) is 17.9. The summed E-state index contributed by atoms with van der Waals surface area (Å²) in [5, 5.41) is 4.61. The van der Waals surface area contributed by atoms with Crippen LogP contribution in [-0.2, 0) is 11.3 Å². The minimum absolute atomic E-state index is 0.00669. The van der Waals surface area contributed by atoms with Crippen LogP contribution in [0.1, 0.15) is 25.7 Å². The number of carbonyl (C=O) groups is 1. The molecule has 6 nitrogen and oxygen atoms in total. The van der Waals surface area contributed by atoms with Crippen molar-refractivity contribution in [3.63, 3.8) is 0 Å². The number of fused-ring (bicyclic) bond motifs is 1. The average Bonchev–Trinajstić information content (AvgIpc) is 3.51. The van der Waals surface area contributed by atoms with E-state index in [9.17, 15) is 9.59 Å². The predicted molar refractivity (Wildman–Crippen MR) is 118 cm³/mol. The molecule has 152 valence electrons. The molecule has 0 spiro atoms. The first-order valence-corrected chi connectivity index (χ1v) is 12.0. The Labute approximate surface area is 177 Å². The first kappa shape index (κ1) is 19.0. The molecule has 1 amide bonds. The van der Waals surface area contributed by atoms with E-state index in [4.69, 9.17) is 0 Å². The number of thiophene rings is 2. The average molecular weight is 429 g/mol. The molecule has 3 aromatic rings. The molecule has 0 N–H and O–H groups in total. The molecular weight excluding hydrogens is 404 g/mol. The molecule has 1 aliphatic heterocycles. The number of nitrogens with zero attached hydrogens (tertiary/aromatic N) is 4. The highest BCUT2D eigenvalue weighted by atomic mass is 32.1. The number of amides is 1. The number of hydrogen-bond acceptors (Lipinski definition) is 6. The molecule has 29 heavy (non-hydrogen) atoms. The molecule has 0 aromatic carbocycles. The van der Waals surface area contributed by atoms with Gasteiger partial charge in [0.2, 0.25) is 5.91 Å². The van der Waals surface area contributed by atoms with Gasteiger partial charge in [-0.05, 0) is 24.3 Å². The van der Waals surface area contributed by atoms with Gasteiger partial charge in [-0.25, -0.2) is 4.98 Å². The fourth-order valence-electron chi connectivity index (χ4n) is 4.54. The molecule has 4 heterocycles. The van der Waals surface area contributed by atoms with E-state index >= 15 is 0 Å². The first-order valence-electron chi connectivity index (χ1n) is 10.2. The molecule has 8 heteroatoms. The smallest absolute Gasteiger partial charge is 0.263 e. The lowest BCUT2D eigenvalue weighted by Crippen LogP contribution is -2.52. The Balaban J connectivity index is 1.31. The standard InChI is InChI=1S/C21H24N4O2S2/c26-18(24-9-7-23(8-10-24)15-4-1-2-5-15)12-25-14-22-20-19(21(25)27)16(13-29-20)17-6-3-11-28-17/h3,6,11,13-15H,1-2,4-5,7-10,12H2. The van der Waals surface area contributed by atoms with Gasteiger partial charge in [-0.1, -0.05) is 18.9 Å². The molecule has 1 aliphatic carbocycles. The molecule has 0 bridgehead atoms. The summed E-state index contributed by atoms with van der Waals surface area (Å²) >= 11 is 3.08. The topological polar surface area (TPSA) is 58.4 Å². The Morgan fingerprint density at radius 1 is 1.14 bits per heavy atom. The zero-order chi connectivity index (χ0) is 19.8. The van der Waals surface area contributed by atoms with Gasteiger partial charge in [0.15, 0.2) is 0 Å². The van der Waals surface area contributed by atoms with E-state index in [1.165, 1.54) is 47.9 Å². The quantitative estimate of drug-likeness (QED) is 0.640. The maximum Gasteiger partial charge on any atom is 0.263 e. The fraction of sp³-hybridized carbons (Fsp3) is 0.476. The van der Waals surface area contributed by atoms with Crippen molar-refractivity contribution in [1.82, 2.24) is 19.4 Å². The monoisotopic (exact) mass is 428 g/mol. The summed E-state index contributed by atoms with van der Waals surface area (Å²) in [5.74, 6) is 0.00669. The van der Waals surface area contributed by atoms with E-state index < -0.39 is 0 Å².